The zero-order chi connectivity index (χ0) is 11.5. The molecule has 0 heterocycles. The van der Waals surface area contributed by atoms with Gasteiger partial charge >= 0.3 is 0 Å². The summed E-state index contributed by atoms with van der Waals surface area (Å²) < 4.78 is 13.0. The van der Waals surface area contributed by atoms with Crippen molar-refractivity contribution in [2.45, 2.75) is 38.8 Å². The first-order chi connectivity index (χ1) is 6.97. The van der Waals surface area contributed by atoms with Crippen molar-refractivity contribution < 1.29 is 9.50 Å². The fourth-order valence-electron chi connectivity index (χ4n) is 1.75. The average Bonchev–Trinajstić information content (AvgIpc) is 2.17. The predicted molar refractivity (Wildman–Crippen MR) is 60.8 cm³/mol. The molecule has 0 radical (unpaired) electrons. The molecule has 0 saturated carbocycles. The van der Waals surface area contributed by atoms with Gasteiger partial charge in [0.05, 0.1) is 6.61 Å². The molecule has 1 unspecified atom stereocenters. The highest BCUT2D eigenvalue weighted by Crippen LogP contribution is 2.26. The third kappa shape index (κ3) is 3.03. The topological polar surface area (TPSA) is 20.2 Å². The zero-order valence-corrected chi connectivity index (χ0v) is 9.63. The van der Waals surface area contributed by atoms with E-state index in [1.807, 2.05) is 38.1 Å². The Morgan fingerprint density at radius 1 is 1.33 bits per heavy atom. The molecule has 1 aromatic carbocycles. The highest BCUT2D eigenvalue weighted by molar-refractivity contribution is 5.33. The van der Waals surface area contributed by atoms with Gasteiger partial charge in [-0.25, -0.2) is 4.39 Å². The van der Waals surface area contributed by atoms with Crippen LogP contribution in [0.1, 0.15) is 31.9 Å². The standard InChI is InChI=1S/C13H19FO/c1-10(14)8-11-6-4-5-7-12(11)13(2,3)9-15/h4-7,10,15H,8-9H2,1-3H3. The largest absolute Gasteiger partial charge is 0.395 e. The third-order valence-corrected chi connectivity index (χ3v) is 2.64. The number of hydrogen-bond donors (Lipinski definition) is 1. The van der Waals surface area contributed by atoms with E-state index < -0.39 is 6.17 Å². The molecule has 0 aromatic heterocycles. The van der Waals surface area contributed by atoms with Crippen LogP contribution in [-0.2, 0) is 11.8 Å². The maximum atomic E-state index is 13.0. The first-order valence-electron chi connectivity index (χ1n) is 5.30. The number of aliphatic hydroxyl groups is 1. The fraction of sp³-hybridized carbons (Fsp3) is 0.538. The van der Waals surface area contributed by atoms with Gasteiger partial charge in [-0.1, -0.05) is 38.1 Å². The summed E-state index contributed by atoms with van der Waals surface area (Å²) in [7, 11) is 0. The van der Waals surface area contributed by atoms with Crippen LogP contribution < -0.4 is 0 Å². The molecule has 1 nitrogen and oxygen atoms in total. The van der Waals surface area contributed by atoms with E-state index >= 15 is 0 Å². The second-order valence-electron chi connectivity index (χ2n) is 4.68. The lowest BCUT2D eigenvalue weighted by Gasteiger charge is -2.25. The van der Waals surface area contributed by atoms with Crippen molar-refractivity contribution in [1.29, 1.82) is 0 Å². The van der Waals surface area contributed by atoms with Gasteiger partial charge in [-0.3, -0.25) is 0 Å². The Morgan fingerprint density at radius 3 is 2.47 bits per heavy atom. The van der Waals surface area contributed by atoms with Crippen molar-refractivity contribution in [3.8, 4) is 0 Å². The van der Waals surface area contributed by atoms with Gasteiger partial charge in [0.1, 0.15) is 6.17 Å². The molecular formula is C13H19FO. The van der Waals surface area contributed by atoms with Crippen molar-refractivity contribution >= 4 is 0 Å². The highest BCUT2D eigenvalue weighted by Gasteiger charge is 2.22. The van der Waals surface area contributed by atoms with Crippen LogP contribution in [0, 0.1) is 0 Å². The van der Waals surface area contributed by atoms with Gasteiger partial charge in [0.2, 0.25) is 0 Å². The van der Waals surface area contributed by atoms with E-state index in [1.54, 1.807) is 6.92 Å². The Labute approximate surface area is 90.9 Å². The molecule has 1 aromatic rings. The van der Waals surface area contributed by atoms with Crippen molar-refractivity contribution in [2.24, 2.45) is 0 Å². The van der Waals surface area contributed by atoms with Gasteiger partial charge in [0.25, 0.3) is 0 Å². The molecule has 1 N–H and O–H groups in total. The smallest absolute Gasteiger partial charge is 0.101 e. The maximum Gasteiger partial charge on any atom is 0.101 e. The van der Waals surface area contributed by atoms with E-state index in [9.17, 15) is 9.50 Å². The Hall–Kier alpha value is -0.890. The molecule has 1 atom stereocenters. The second-order valence-corrected chi connectivity index (χ2v) is 4.68. The van der Waals surface area contributed by atoms with E-state index in [1.165, 1.54) is 0 Å². The third-order valence-electron chi connectivity index (χ3n) is 2.64. The summed E-state index contributed by atoms with van der Waals surface area (Å²) in [4.78, 5) is 0. The van der Waals surface area contributed by atoms with Crippen LogP contribution in [0.15, 0.2) is 24.3 Å². The van der Waals surface area contributed by atoms with E-state index in [0.717, 1.165) is 11.1 Å². The number of rotatable bonds is 4. The van der Waals surface area contributed by atoms with Gasteiger partial charge in [-0.05, 0) is 18.1 Å². The van der Waals surface area contributed by atoms with E-state index in [4.69, 9.17) is 0 Å². The summed E-state index contributed by atoms with van der Waals surface area (Å²) >= 11 is 0. The van der Waals surface area contributed by atoms with Crippen LogP contribution in [0.3, 0.4) is 0 Å². The molecule has 2 heteroatoms. The summed E-state index contributed by atoms with van der Waals surface area (Å²) in [6.07, 6.45) is -0.430. The number of alkyl halides is 1. The van der Waals surface area contributed by atoms with Gasteiger partial charge in [0, 0.05) is 11.8 Å². The maximum absolute atomic E-state index is 13.0. The molecule has 0 bridgehead atoms. The van der Waals surface area contributed by atoms with Crippen LogP contribution in [0.2, 0.25) is 0 Å². The Bertz CT molecular complexity index is 318. The van der Waals surface area contributed by atoms with Crippen molar-refractivity contribution in [2.75, 3.05) is 6.61 Å². The number of halogens is 1. The van der Waals surface area contributed by atoms with Crippen molar-refractivity contribution in [3.05, 3.63) is 35.4 Å². The minimum Gasteiger partial charge on any atom is -0.395 e. The summed E-state index contributed by atoms with van der Waals surface area (Å²) in [6, 6.07) is 7.74. The van der Waals surface area contributed by atoms with Crippen LogP contribution in [0.5, 0.6) is 0 Å². The summed E-state index contributed by atoms with van der Waals surface area (Å²) in [5.74, 6) is 0. The average molecular weight is 210 g/mol. The van der Waals surface area contributed by atoms with Crippen LogP contribution in [0.25, 0.3) is 0 Å². The fourth-order valence-corrected chi connectivity index (χ4v) is 1.75. The van der Waals surface area contributed by atoms with Gasteiger partial charge < -0.3 is 5.11 Å². The predicted octanol–water partition coefficient (Wildman–Crippen LogP) is 2.86. The molecule has 0 aliphatic rings. The molecular weight excluding hydrogens is 191 g/mol. The number of benzene rings is 1. The SMILES string of the molecule is CC(F)Cc1ccccc1C(C)(C)CO. The monoisotopic (exact) mass is 210 g/mol. The lowest BCUT2D eigenvalue weighted by Crippen LogP contribution is -2.24. The minimum absolute atomic E-state index is 0.0741. The van der Waals surface area contributed by atoms with E-state index in [0.29, 0.717) is 6.42 Å². The van der Waals surface area contributed by atoms with Gasteiger partial charge in [0.15, 0.2) is 0 Å². The molecule has 84 valence electrons. The first kappa shape index (κ1) is 12.2. The molecule has 0 amide bonds. The first-order valence-corrected chi connectivity index (χ1v) is 5.30. The van der Waals surface area contributed by atoms with Gasteiger partial charge in [-0.2, -0.15) is 0 Å². The molecule has 0 fully saturated rings. The molecule has 1 rings (SSSR count). The van der Waals surface area contributed by atoms with E-state index in [-0.39, 0.29) is 12.0 Å². The Kier molecular flexibility index (Phi) is 3.86. The van der Waals surface area contributed by atoms with Crippen LogP contribution in [0.4, 0.5) is 4.39 Å². The summed E-state index contributed by atoms with van der Waals surface area (Å²) in [5.41, 5.74) is 1.73. The minimum atomic E-state index is -0.847. The quantitative estimate of drug-likeness (QED) is 0.810. The summed E-state index contributed by atoms with van der Waals surface area (Å²) in [6.45, 7) is 5.57. The summed E-state index contributed by atoms with van der Waals surface area (Å²) in [5, 5.41) is 9.31. The lowest BCUT2D eigenvalue weighted by molar-refractivity contribution is 0.217. The van der Waals surface area contributed by atoms with Crippen LogP contribution in [-0.4, -0.2) is 17.9 Å². The second kappa shape index (κ2) is 4.75. The highest BCUT2D eigenvalue weighted by atomic mass is 19.1. The Morgan fingerprint density at radius 2 is 1.93 bits per heavy atom. The number of aliphatic hydroxyl groups excluding tert-OH is 1. The normalized spacial score (nSPS) is 13.9. The molecule has 0 aliphatic heterocycles. The van der Waals surface area contributed by atoms with Crippen LogP contribution >= 0.6 is 0 Å². The molecule has 0 spiro atoms. The lowest BCUT2D eigenvalue weighted by atomic mass is 9.81. The van der Waals surface area contributed by atoms with E-state index in [2.05, 4.69) is 0 Å². The van der Waals surface area contributed by atoms with Crippen molar-refractivity contribution in [3.63, 3.8) is 0 Å². The molecule has 15 heavy (non-hydrogen) atoms. The zero-order valence-electron chi connectivity index (χ0n) is 9.63. The van der Waals surface area contributed by atoms with Gasteiger partial charge in [-0.15, -0.1) is 0 Å². The molecule has 0 aliphatic carbocycles. The molecule has 0 saturated heterocycles. The number of hydrogen-bond acceptors (Lipinski definition) is 1. The van der Waals surface area contributed by atoms with Crippen molar-refractivity contribution in [1.82, 2.24) is 0 Å². The Balaban J connectivity index is 3.06.